The molecule has 0 bridgehead atoms. The normalized spacial score (nSPS) is 15.3. The molecule has 0 spiro atoms. The minimum absolute atomic E-state index is 0.105. The van der Waals surface area contributed by atoms with Gasteiger partial charge in [-0.25, -0.2) is 0 Å². The zero-order valence-corrected chi connectivity index (χ0v) is 11.3. The van der Waals surface area contributed by atoms with Crippen LogP contribution in [0, 0.1) is 22.7 Å². The third kappa shape index (κ3) is 2.57. The van der Waals surface area contributed by atoms with Crippen LogP contribution in [0.1, 0.15) is 24.8 Å². The van der Waals surface area contributed by atoms with Gasteiger partial charge in [0.25, 0.3) is 5.91 Å². The summed E-state index contributed by atoms with van der Waals surface area (Å²) in [7, 11) is 1.65. The Balaban J connectivity index is 1.92. The molecule has 1 aromatic rings. The van der Waals surface area contributed by atoms with Gasteiger partial charge in [0.2, 0.25) is 0 Å². The van der Waals surface area contributed by atoms with Crippen molar-refractivity contribution in [3.8, 4) is 17.9 Å². The maximum absolute atomic E-state index is 12.0. The topological polar surface area (TPSA) is 77.1 Å². The molecule has 0 heterocycles. The number of carbonyl (C=O) groups excluding carboxylic acids is 1. The maximum Gasteiger partial charge on any atom is 0.261 e. The molecule has 0 N–H and O–H groups in total. The highest BCUT2D eigenvalue weighted by Crippen LogP contribution is 2.36. The quantitative estimate of drug-likeness (QED) is 0.835. The van der Waals surface area contributed by atoms with E-state index in [0.717, 1.165) is 19.3 Å². The number of carbonyl (C=O) groups is 1. The number of benzene rings is 1. The van der Waals surface area contributed by atoms with E-state index < -0.39 is 5.54 Å². The largest absolute Gasteiger partial charge is 0.484 e. The summed E-state index contributed by atoms with van der Waals surface area (Å²) < 4.78 is 5.39. The van der Waals surface area contributed by atoms with Crippen LogP contribution >= 0.6 is 0 Å². The molecule has 2 rings (SSSR count). The number of nitriles is 2. The molecular weight excluding hydrogens is 254 g/mol. The Morgan fingerprint density at radius 3 is 2.45 bits per heavy atom. The average molecular weight is 269 g/mol. The lowest BCUT2D eigenvalue weighted by Gasteiger charge is -2.42. The van der Waals surface area contributed by atoms with Gasteiger partial charge in [0, 0.05) is 7.05 Å². The monoisotopic (exact) mass is 269 g/mol. The molecule has 0 radical (unpaired) electrons. The third-order valence-corrected chi connectivity index (χ3v) is 3.75. The van der Waals surface area contributed by atoms with E-state index >= 15 is 0 Å². The molecule has 0 unspecified atom stereocenters. The van der Waals surface area contributed by atoms with Crippen molar-refractivity contribution in [2.24, 2.45) is 0 Å². The number of amides is 1. The van der Waals surface area contributed by atoms with Crippen LogP contribution in [0.3, 0.4) is 0 Å². The average Bonchev–Trinajstić information content (AvgIpc) is 2.44. The van der Waals surface area contributed by atoms with E-state index in [1.807, 2.05) is 6.07 Å². The lowest BCUT2D eigenvalue weighted by molar-refractivity contribution is -0.138. The zero-order chi connectivity index (χ0) is 14.6. The van der Waals surface area contributed by atoms with Gasteiger partial charge in [-0.15, -0.1) is 0 Å². The molecule has 0 saturated heterocycles. The molecule has 0 atom stereocenters. The summed E-state index contributed by atoms with van der Waals surface area (Å²) in [5.41, 5.74) is -0.107. The van der Waals surface area contributed by atoms with Crippen molar-refractivity contribution in [2.75, 3.05) is 13.7 Å². The standard InChI is InChI=1S/C15H15N3O2/c1-18(15(11-17)7-2-8-15)14(19)10-20-13-5-3-12(9-16)4-6-13/h3-6H,2,7-8,10H2,1H3. The highest BCUT2D eigenvalue weighted by Gasteiger charge is 2.43. The zero-order valence-electron chi connectivity index (χ0n) is 11.3. The van der Waals surface area contributed by atoms with Crippen molar-refractivity contribution >= 4 is 5.91 Å². The molecule has 20 heavy (non-hydrogen) atoms. The highest BCUT2D eigenvalue weighted by atomic mass is 16.5. The van der Waals surface area contributed by atoms with E-state index in [4.69, 9.17) is 10.00 Å². The third-order valence-electron chi connectivity index (χ3n) is 3.75. The van der Waals surface area contributed by atoms with E-state index in [1.165, 1.54) is 4.90 Å². The first-order valence-corrected chi connectivity index (χ1v) is 6.42. The fourth-order valence-electron chi connectivity index (χ4n) is 2.14. The minimum atomic E-state index is -0.648. The summed E-state index contributed by atoms with van der Waals surface area (Å²) in [6.45, 7) is -0.105. The van der Waals surface area contributed by atoms with E-state index in [2.05, 4.69) is 6.07 Å². The Morgan fingerprint density at radius 1 is 1.35 bits per heavy atom. The van der Waals surface area contributed by atoms with Gasteiger partial charge in [-0.1, -0.05) is 0 Å². The number of likely N-dealkylation sites (N-methyl/N-ethyl adjacent to an activating group) is 1. The van der Waals surface area contributed by atoms with Crippen molar-refractivity contribution in [3.05, 3.63) is 29.8 Å². The van der Waals surface area contributed by atoms with Gasteiger partial charge < -0.3 is 9.64 Å². The van der Waals surface area contributed by atoms with Gasteiger partial charge in [0.15, 0.2) is 6.61 Å². The molecule has 5 nitrogen and oxygen atoms in total. The molecule has 102 valence electrons. The lowest BCUT2D eigenvalue weighted by atomic mass is 9.77. The predicted molar refractivity (Wildman–Crippen MR) is 71.6 cm³/mol. The molecule has 0 aliphatic heterocycles. The van der Waals surface area contributed by atoms with Crippen LogP contribution in [0.4, 0.5) is 0 Å². The van der Waals surface area contributed by atoms with Gasteiger partial charge in [0.05, 0.1) is 17.7 Å². The van der Waals surface area contributed by atoms with Crippen molar-refractivity contribution in [1.82, 2.24) is 4.90 Å². The van der Waals surface area contributed by atoms with Crippen LogP contribution < -0.4 is 4.74 Å². The second-order valence-corrected chi connectivity index (χ2v) is 4.87. The van der Waals surface area contributed by atoms with Crippen LogP contribution in [0.25, 0.3) is 0 Å². The van der Waals surface area contributed by atoms with Crippen LogP contribution in [0.15, 0.2) is 24.3 Å². The first kappa shape index (κ1) is 13.9. The van der Waals surface area contributed by atoms with Crippen LogP contribution in [-0.4, -0.2) is 30.0 Å². The Labute approximate surface area is 118 Å². The van der Waals surface area contributed by atoms with Gasteiger partial charge in [0.1, 0.15) is 11.3 Å². The molecule has 1 saturated carbocycles. The van der Waals surface area contributed by atoms with Crippen molar-refractivity contribution in [2.45, 2.75) is 24.8 Å². The van der Waals surface area contributed by atoms with Gasteiger partial charge in [-0.05, 0) is 43.5 Å². The number of hydrogen-bond donors (Lipinski definition) is 0. The lowest BCUT2D eigenvalue weighted by Crippen LogP contribution is -2.54. The van der Waals surface area contributed by atoms with Gasteiger partial charge >= 0.3 is 0 Å². The van der Waals surface area contributed by atoms with Crippen LogP contribution in [0.2, 0.25) is 0 Å². The number of nitrogens with zero attached hydrogens (tertiary/aromatic N) is 3. The molecule has 0 aromatic heterocycles. The van der Waals surface area contributed by atoms with Crippen molar-refractivity contribution < 1.29 is 9.53 Å². The SMILES string of the molecule is CN(C(=O)COc1ccc(C#N)cc1)C1(C#N)CCC1. The van der Waals surface area contributed by atoms with Crippen LogP contribution in [-0.2, 0) is 4.79 Å². The van der Waals surface area contributed by atoms with Crippen molar-refractivity contribution in [3.63, 3.8) is 0 Å². The number of rotatable bonds is 4. The minimum Gasteiger partial charge on any atom is -0.484 e. The van der Waals surface area contributed by atoms with E-state index in [1.54, 1.807) is 31.3 Å². The van der Waals surface area contributed by atoms with Crippen molar-refractivity contribution in [1.29, 1.82) is 10.5 Å². The molecule has 1 aromatic carbocycles. The Morgan fingerprint density at radius 2 is 2.00 bits per heavy atom. The molecule has 1 aliphatic rings. The summed E-state index contributed by atoms with van der Waals surface area (Å²) in [5, 5.41) is 17.9. The Kier molecular flexibility index (Phi) is 3.91. The number of ether oxygens (including phenoxy) is 1. The summed E-state index contributed by atoms with van der Waals surface area (Å²) in [6, 6.07) is 10.8. The Bertz CT molecular complexity index is 577. The molecular formula is C15H15N3O2. The molecule has 5 heteroatoms. The summed E-state index contributed by atoms with van der Waals surface area (Å²) in [5.74, 6) is 0.320. The van der Waals surface area contributed by atoms with E-state index in [-0.39, 0.29) is 12.5 Å². The molecule has 1 fully saturated rings. The molecule has 1 amide bonds. The smallest absolute Gasteiger partial charge is 0.261 e. The fourth-order valence-corrected chi connectivity index (χ4v) is 2.14. The second kappa shape index (κ2) is 5.63. The number of hydrogen-bond acceptors (Lipinski definition) is 4. The summed E-state index contributed by atoms with van der Waals surface area (Å²) in [4.78, 5) is 13.5. The Hall–Kier alpha value is -2.53. The second-order valence-electron chi connectivity index (χ2n) is 4.87. The first-order chi connectivity index (χ1) is 9.61. The van der Waals surface area contributed by atoms with E-state index in [9.17, 15) is 10.1 Å². The van der Waals surface area contributed by atoms with Gasteiger partial charge in [-0.3, -0.25) is 4.79 Å². The summed E-state index contributed by atoms with van der Waals surface area (Å²) >= 11 is 0. The summed E-state index contributed by atoms with van der Waals surface area (Å²) in [6.07, 6.45) is 2.42. The predicted octanol–water partition coefficient (Wildman–Crippen LogP) is 1.84. The maximum atomic E-state index is 12.0. The fraction of sp³-hybridized carbons (Fsp3) is 0.400. The van der Waals surface area contributed by atoms with E-state index in [0.29, 0.717) is 11.3 Å². The van der Waals surface area contributed by atoms with Gasteiger partial charge in [-0.2, -0.15) is 10.5 Å². The first-order valence-electron chi connectivity index (χ1n) is 6.42. The van der Waals surface area contributed by atoms with Crippen LogP contribution in [0.5, 0.6) is 5.75 Å². The highest BCUT2D eigenvalue weighted by molar-refractivity contribution is 5.79. The molecule has 1 aliphatic carbocycles.